The van der Waals surface area contributed by atoms with E-state index in [1.807, 2.05) is 11.3 Å². The lowest BCUT2D eigenvalue weighted by molar-refractivity contribution is 0.672. The zero-order valence-corrected chi connectivity index (χ0v) is 31.0. The Bertz CT molecular complexity index is 3440. The SMILES string of the molecule is c1ccc(-n2c3ccccc3c3ccccc32)c(N(c2ccc(-c3cccc4c3sc3ccccc34)cc2)c2cccc3oc4c5ccccc5ccc4c23)c1. The lowest BCUT2D eigenvalue weighted by Gasteiger charge is -2.29. The number of para-hydroxylation sites is 4. The summed E-state index contributed by atoms with van der Waals surface area (Å²) in [4.78, 5) is 2.43. The molecule has 12 aromatic rings. The van der Waals surface area contributed by atoms with Crippen molar-refractivity contribution in [2.24, 2.45) is 0 Å². The van der Waals surface area contributed by atoms with Crippen LogP contribution in [0.15, 0.2) is 199 Å². The normalized spacial score (nSPS) is 11.9. The summed E-state index contributed by atoms with van der Waals surface area (Å²) < 4.78 is 11.8. The molecule has 56 heavy (non-hydrogen) atoms. The number of fused-ring (bicyclic) bond motifs is 11. The van der Waals surface area contributed by atoms with Crippen molar-refractivity contribution in [3.05, 3.63) is 194 Å². The molecule has 0 aliphatic heterocycles. The van der Waals surface area contributed by atoms with Gasteiger partial charge in [-0.1, -0.05) is 133 Å². The molecule has 0 aliphatic carbocycles. The van der Waals surface area contributed by atoms with E-state index in [9.17, 15) is 0 Å². The Balaban J connectivity index is 1.12. The Hall–Kier alpha value is -7.14. The van der Waals surface area contributed by atoms with E-state index < -0.39 is 0 Å². The second-order valence-electron chi connectivity index (χ2n) is 14.4. The van der Waals surface area contributed by atoms with Crippen LogP contribution in [0.2, 0.25) is 0 Å². The van der Waals surface area contributed by atoms with Gasteiger partial charge in [-0.3, -0.25) is 0 Å². The summed E-state index contributed by atoms with van der Waals surface area (Å²) in [5.41, 5.74) is 10.9. The number of hydrogen-bond donors (Lipinski definition) is 0. The molecule has 0 spiro atoms. The molecule has 0 aliphatic rings. The smallest absolute Gasteiger partial charge is 0.143 e. The van der Waals surface area contributed by atoms with Gasteiger partial charge in [0.2, 0.25) is 0 Å². The quantitative estimate of drug-likeness (QED) is 0.176. The van der Waals surface area contributed by atoms with Crippen LogP contribution in [0.25, 0.3) is 91.5 Å². The van der Waals surface area contributed by atoms with Crippen LogP contribution in [0.4, 0.5) is 17.1 Å². The number of furan rings is 1. The highest BCUT2D eigenvalue weighted by Crippen LogP contribution is 2.48. The molecule has 0 atom stereocenters. The first-order chi connectivity index (χ1) is 27.8. The minimum Gasteiger partial charge on any atom is -0.455 e. The average molecular weight is 733 g/mol. The highest BCUT2D eigenvalue weighted by molar-refractivity contribution is 7.26. The van der Waals surface area contributed by atoms with Crippen molar-refractivity contribution < 1.29 is 4.42 Å². The molecule has 0 radical (unpaired) electrons. The Morgan fingerprint density at radius 3 is 1.91 bits per heavy atom. The fourth-order valence-electron chi connectivity index (χ4n) is 8.92. The van der Waals surface area contributed by atoms with Gasteiger partial charge >= 0.3 is 0 Å². The Morgan fingerprint density at radius 2 is 1.09 bits per heavy atom. The van der Waals surface area contributed by atoms with Gasteiger partial charge in [-0.15, -0.1) is 11.3 Å². The largest absolute Gasteiger partial charge is 0.455 e. The van der Waals surface area contributed by atoms with Crippen molar-refractivity contribution in [2.45, 2.75) is 0 Å². The van der Waals surface area contributed by atoms with Gasteiger partial charge in [0.05, 0.1) is 33.5 Å². The first kappa shape index (κ1) is 31.2. The Kier molecular flexibility index (Phi) is 6.80. The second kappa shape index (κ2) is 12.2. The molecular formula is C52H32N2OS. The molecule has 12 rings (SSSR count). The van der Waals surface area contributed by atoms with E-state index in [0.29, 0.717) is 0 Å². The first-order valence-corrected chi connectivity index (χ1v) is 19.8. The van der Waals surface area contributed by atoms with E-state index in [1.54, 1.807) is 0 Å². The maximum Gasteiger partial charge on any atom is 0.143 e. The van der Waals surface area contributed by atoms with E-state index in [0.717, 1.165) is 50.1 Å². The molecule has 4 heteroatoms. The van der Waals surface area contributed by atoms with E-state index in [4.69, 9.17) is 4.42 Å². The third-order valence-corrected chi connectivity index (χ3v) is 12.6. The molecule has 0 saturated carbocycles. The number of benzene rings is 9. The number of anilines is 3. The first-order valence-electron chi connectivity index (χ1n) is 19.0. The van der Waals surface area contributed by atoms with Gasteiger partial charge < -0.3 is 13.9 Å². The van der Waals surface area contributed by atoms with Crippen molar-refractivity contribution in [1.82, 2.24) is 4.57 Å². The predicted octanol–water partition coefficient (Wildman–Crippen LogP) is 15.3. The lowest BCUT2D eigenvalue weighted by Crippen LogP contribution is -2.13. The van der Waals surface area contributed by atoms with Gasteiger partial charge in [0.25, 0.3) is 0 Å². The molecular weight excluding hydrogens is 701 g/mol. The summed E-state index contributed by atoms with van der Waals surface area (Å²) in [7, 11) is 0. The van der Waals surface area contributed by atoms with Gasteiger partial charge in [0, 0.05) is 47.4 Å². The van der Waals surface area contributed by atoms with Crippen molar-refractivity contribution in [2.75, 3.05) is 4.90 Å². The number of thiophene rings is 1. The fourth-order valence-corrected chi connectivity index (χ4v) is 10.2. The zero-order chi connectivity index (χ0) is 36.7. The van der Waals surface area contributed by atoms with Crippen molar-refractivity contribution in [3.63, 3.8) is 0 Å². The molecule has 3 heterocycles. The molecule has 0 unspecified atom stereocenters. The van der Waals surface area contributed by atoms with Gasteiger partial charge in [0.15, 0.2) is 0 Å². The molecule has 0 amide bonds. The lowest BCUT2D eigenvalue weighted by atomic mass is 10.0. The van der Waals surface area contributed by atoms with Gasteiger partial charge in [-0.25, -0.2) is 0 Å². The minimum atomic E-state index is 0.862. The molecule has 9 aromatic carbocycles. The molecule has 3 aromatic heterocycles. The van der Waals surface area contributed by atoms with E-state index in [1.165, 1.54) is 58.5 Å². The molecule has 262 valence electrons. The van der Waals surface area contributed by atoms with E-state index >= 15 is 0 Å². The Morgan fingerprint density at radius 1 is 0.446 bits per heavy atom. The topological polar surface area (TPSA) is 21.3 Å². The van der Waals surface area contributed by atoms with Crippen LogP contribution in [0.5, 0.6) is 0 Å². The van der Waals surface area contributed by atoms with Crippen LogP contribution >= 0.6 is 11.3 Å². The van der Waals surface area contributed by atoms with Crippen LogP contribution in [0.1, 0.15) is 0 Å². The van der Waals surface area contributed by atoms with E-state index in [-0.39, 0.29) is 0 Å². The number of aromatic nitrogens is 1. The van der Waals surface area contributed by atoms with Crippen LogP contribution < -0.4 is 4.90 Å². The zero-order valence-electron chi connectivity index (χ0n) is 30.2. The van der Waals surface area contributed by atoms with Crippen LogP contribution in [0.3, 0.4) is 0 Å². The molecule has 0 N–H and O–H groups in total. The van der Waals surface area contributed by atoms with Crippen molar-refractivity contribution in [3.8, 4) is 16.8 Å². The van der Waals surface area contributed by atoms with E-state index in [2.05, 4.69) is 204 Å². The summed E-state index contributed by atoms with van der Waals surface area (Å²) in [5, 5.41) is 9.55. The third kappa shape index (κ3) is 4.57. The maximum atomic E-state index is 6.76. The molecule has 3 nitrogen and oxygen atoms in total. The number of hydrogen-bond acceptors (Lipinski definition) is 3. The molecule has 0 saturated heterocycles. The number of rotatable bonds is 5. The maximum absolute atomic E-state index is 6.76. The molecule has 0 fully saturated rings. The van der Waals surface area contributed by atoms with Gasteiger partial charge in [-0.05, 0) is 77.2 Å². The van der Waals surface area contributed by atoms with Gasteiger partial charge in [0.1, 0.15) is 11.2 Å². The highest BCUT2D eigenvalue weighted by atomic mass is 32.1. The standard InChI is InChI=1S/C52H32N2OS/c1-2-14-36-33(13-1)29-32-42-50-47(24-12-25-48(50)55-51(36)42)53(35-30-27-34(28-31-35)37-18-11-19-41-40-17-5-10-26-49(40)56-52(37)41)45-22-8-9-23-46(45)54-43-20-6-3-15-38(43)39-16-4-7-21-44(39)54/h1-32H. The van der Waals surface area contributed by atoms with Gasteiger partial charge in [-0.2, -0.15) is 0 Å². The van der Waals surface area contributed by atoms with Crippen LogP contribution in [-0.4, -0.2) is 4.57 Å². The summed E-state index contributed by atoms with van der Waals surface area (Å²) >= 11 is 1.87. The van der Waals surface area contributed by atoms with Crippen LogP contribution in [-0.2, 0) is 0 Å². The summed E-state index contributed by atoms with van der Waals surface area (Å²) in [6.45, 7) is 0. The third-order valence-electron chi connectivity index (χ3n) is 11.4. The molecule has 0 bridgehead atoms. The Labute approximate surface area is 326 Å². The monoisotopic (exact) mass is 732 g/mol. The van der Waals surface area contributed by atoms with Crippen LogP contribution in [0, 0.1) is 0 Å². The minimum absolute atomic E-state index is 0.862. The second-order valence-corrected chi connectivity index (χ2v) is 15.5. The summed E-state index contributed by atoms with van der Waals surface area (Å²) in [5.74, 6) is 0. The van der Waals surface area contributed by atoms with Crippen molar-refractivity contribution in [1.29, 1.82) is 0 Å². The van der Waals surface area contributed by atoms with Crippen molar-refractivity contribution >= 4 is 103 Å². The summed E-state index contributed by atoms with van der Waals surface area (Å²) in [6.07, 6.45) is 0. The highest BCUT2D eigenvalue weighted by Gasteiger charge is 2.24. The average Bonchev–Trinajstić information content (AvgIpc) is 3.95. The number of nitrogens with zero attached hydrogens (tertiary/aromatic N) is 2. The predicted molar refractivity (Wildman–Crippen MR) is 239 cm³/mol. The summed E-state index contributed by atoms with van der Waals surface area (Å²) in [6, 6.07) is 70.2. The fraction of sp³-hybridized carbons (Fsp3) is 0.